The fraction of sp³-hybridized carbons (Fsp3) is 0.407. The molecule has 0 radical (unpaired) electrons. The predicted molar refractivity (Wildman–Crippen MR) is 133 cm³/mol. The van der Waals surface area contributed by atoms with E-state index < -0.39 is 5.92 Å². The number of nitrogens with zero attached hydrogens (tertiary/aromatic N) is 2. The number of furan rings is 1. The van der Waals surface area contributed by atoms with Crippen molar-refractivity contribution in [1.29, 1.82) is 0 Å². The van der Waals surface area contributed by atoms with Crippen molar-refractivity contribution in [2.75, 3.05) is 20.1 Å². The molecule has 1 saturated carbocycles. The van der Waals surface area contributed by atoms with Crippen LogP contribution in [0, 0.1) is 0 Å². The minimum absolute atomic E-state index is 0.0328. The van der Waals surface area contributed by atoms with E-state index in [0.717, 1.165) is 29.3 Å². The van der Waals surface area contributed by atoms with E-state index in [0.29, 0.717) is 18.2 Å². The smallest absolute Gasteiger partial charge is 0.254 e. The van der Waals surface area contributed by atoms with E-state index in [4.69, 9.17) is 4.42 Å². The number of likely N-dealkylation sites (N-methyl/N-ethyl adjacent to an activating group) is 1. The Morgan fingerprint density at radius 1 is 1.15 bits per heavy atom. The number of hydrogen-bond donors (Lipinski definition) is 1. The molecule has 0 bridgehead atoms. The summed E-state index contributed by atoms with van der Waals surface area (Å²) in [6.45, 7) is 2.09. The topological polar surface area (TPSA) is 65.8 Å². The first kappa shape index (κ1) is 22.9. The van der Waals surface area contributed by atoms with Crippen LogP contribution in [-0.2, 0) is 11.3 Å². The van der Waals surface area contributed by atoms with E-state index in [1.807, 2.05) is 53.9 Å². The molecular weight excluding hydrogens is 446 g/mol. The fourth-order valence-electron chi connectivity index (χ4n) is 5.47. The number of carbonyl (C=O) groups excluding carboxylic acids is 2. The Hall–Kier alpha value is -2.90. The van der Waals surface area contributed by atoms with Crippen LogP contribution in [0.2, 0.25) is 0 Å². The van der Waals surface area contributed by atoms with Gasteiger partial charge in [-0.15, -0.1) is 11.3 Å². The molecule has 2 atom stereocenters. The Morgan fingerprint density at radius 3 is 2.71 bits per heavy atom. The highest BCUT2D eigenvalue weighted by Crippen LogP contribution is 2.43. The summed E-state index contributed by atoms with van der Waals surface area (Å²) in [7, 11) is 1.80. The van der Waals surface area contributed by atoms with Crippen molar-refractivity contribution in [3.63, 3.8) is 0 Å². The van der Waals surface area contributed by atoms with Gasteiger partial charge in [-0.1, -0.05) is 37.1 Å². The second-order valence-electron chi connectivity index (χ2n) is 9.22. The second-order valence-corrected chi connectivity index (χ2v) is 10.2. The Morgan fingerprint density at radius 2 is 1.97 bits per heavy atom. The number of amides is 2. The van der Waals surface area contributed by atoms with Crippen molar-refractivity contribution in [1.82, 2.24) is 15.1 Å². The van der Waals surface area contributed by atoms with Crippen molar-refractivity contribution < 1.29 is 14.0 Å². The molecule has 3 aromatic rings. The maximum absolute atomic E-state index is 13.7. The highest BCUT2D eigenvalue weighted by Gasteiger charge is 2.43. The molecule has 0 saturated heterocycles. The third kappa shape index (κ3) is 4.55. The zero-order valence-corrected chi connectivity index (χ0v) is 20.3. The molecule has 5 rings (SSSR count). The first-order valence-electron chi connectivity index (χ1n) is 12.1. The van der Waals surface area contributed by atoms with Gasteiger partial charge in [-0.25, -0.2) is 0 Å². The molecule has 1 fully saturated rings. The Labute approximate surface area is 204 Å². The summed E-state index contributed by atoms with van der Waals surface area (Å²) in [6, 6.07) is 15.7. The summed E-state index contributed by atoms with van der Waals surface area (Å²) in [6.07, 6.45) is 6.61. The molecule has 7 heteroatoms. The van der Waals surface area contributed by atoms with Crippen LogP contribution in [0.15, 0.2) is 64.6 Å². The van der Waals surface area contributed by atoms with Crippen LogP contribution >= 0.6 is 11.3 Å². The van der Waals surface area contributed by atoms with Crippen molar-refractivity contribution >= 4 is 23.2 Å². The van der Waals surface area contributed by atoms with Crippen molar-refractivity contribution in [3.05, 3.63) is 81.9 Å². The molecule has 1 aliphatic carbocycles. The van der Waals surface area contributed by atoms with Crippen LogP contribution in [0.4, 0.5) is 0 Å². The summed E-state index contributed by atoms with van der Waals surface area (Å²) in [5.41, 5.74) is 1.42. The summed E-state index contributed by atoms with van der Waals surface area (Å²) in [5.74, 6) is 0.443. The van der Waals surface area contributed by atoms with Crippen molar-refractivity contribution in [2.24, 2.45) is 0 Å². The lowest BCUT2D eigenvalue weighted by Crippen LogP contribution is -2.47. The molecule has 0 unspecified atom stereocenters. The van der Waals surface area contributed by atoms with Crippen molar-refractivity contribution in [3.8, 4) is 0 Å². The third-order valence-electron chi connectivity index (χ3n) is 7.18. The minimum atomic E-state index is -0.442. The fourth-order valence-corrected chi connectivity index (χ4v) is 6.37. The van der Waals surface area contributed by atoms with E-state index in [1.54, 1.807) is 29.5 Å². The first-order chi connectivity index (χ1) is 16.6. The molecule has 2 aromatic heterocycles. The SMILES string of the molecule is CN1C(=O)c2ccccc2[C@H](C(=O)NCCN(Cc2ccco2)C2CCCC2)[C@@H]1c1cccs1. The van der Waals surface area contributed by atoms with Gasteiger partial charge in [-0.2, -0.15) is 0 Å². The average Bonchev–Trinajstić information content (AvgIpc) is 3.64. The lowest BCUT2D eigenvalue weighted by molar-refractivity contribution is -0.124. The predicted octanol–water partition coefficient (Wildman–Crippen LogP) is 4.81. The number of carbonyl (C=O) groups is 2. The lowest BCUT2D eigenvalue weighted by atomic mass is 9.82. The van der Waals surface area contributed by atoms with E-state index in [9.17, 15) is 9.59 Å². The molecule has 1 aromatic carbocycles. The van der Waals surface area contributed by atoms with Gasteiger partial charge in [-0.05, 0) is 48.1 Å². The molecule has 178 valence electrons. The number of thiophene rings is 1. The third-order valence-corrected chi connectivity index (χ3v) is 8.12. The average molecular weight is 478 g/mol. The van der Waals surface area contributed by atoms with Crippen LogP contribution in [-0.4, -0.2) is 47.8 Å². The molecule has 6 nitrogen and oxygen atoms in total. The van der Waals surface area contributed by atoms with Gasteiger partial charge >= 0.3 is 0 Å². The van der Waals surface area contributed by atoms with Gasteiger partial charge in [0.2, 0.25) is 5.91 Å². The zero-order chi connectivity index (χ0) is 23.5. The standard InChI is InChI=1S/C27H31N3O3S/c1-29-25(23-13-7-17-34-23)24(21-11-4-5-12-22(21)27(29)32)26(31)28-14-15-30(19-8-2-3-9-19)18-20-10-6-16-33-20/h4-7,10-13,16-17,19,24-25H,2-3,8-9,14-15,18H2,1H3,(H,28,31)/t24-,25-/m0/s1. The zero-order valence-electron chi connectivity index (χ0n) is 19.5. The van der Waals surface area contributed by atoms with Crippen LogP contribution in [0.25, 0.3) is 0 Å². The molecule has 2 aliphatic rings. The van der Waals surface area contributed by atoms with Crippen LogP contribution < -0.4 is 5.32 Å². The number of fused-ring (bicyclic) bond motifs is 1. The lowest BCUT2D eigenvalue weighted by Gasteiger charge is -2.39. The molecule has 0 spiro atoms. The normalized spacial score (nSPS) is 20.6. The number of rotatable bonds is 8. The second kappa shape index (κ2) is 10.2. The van der Waals surface area contributed by atoms with E-state index in [-0.39, 0.29) is 17.9 Å². The summed E-state index contributed by atoms with van der Waals surface area (Å²) >= 11 is 1.59. The first-order valence-corrected chi connectivity index (χ1v) is 12.9. The summed E-state index contributed by atoms with van der Waals surface area (Å²) < 4.78 is 5.60. The highest BCUT2D eigenvalue weighted by atomic mass is 32.1. The maximum atomic E-state index is 13.7. The van der Waals surface area contributed by atoms with Gasteiger partial charge in [-0.3, -0.25) is 14.5 Å². The number of benzene rings is 1. The van der Waals surface area contributed by atoms with E-state index in [1.165, 1.54) is 25.7 Å². The van der Waals surface area contributed by atoms with Gasteiger partial charge in [0, 0.05) is 36.6 Å². The van der Waals surface area contributed by atoms with Gasteiger partial charge in [0.05, 0.1) is 24.8 Å². The van der Waals surface area contributed by atoms with Gasteiger partial charge < -0.3 is 14.6 Å². The molecule has 2 amide bonds. The number of hydrogen-bond acceptors (Lipinski definition) is 5. The van der Waals surface area contributed by atoms with Gasteiger partial charge in [0.25, 0.3) is 5.91 Å². The minimum Gasteiger partial charge on any atom is -0.468 e. The van der Waals surface area contributed by atoms with E-state index >= 15 is 0 Å². The van der Waals surface area contributed by atoms with E-state index in [2.05, 4.69) is 10.2 Å². The van der Waals surface area contributed by atoms with Gasteiger partial charge in [0.1, 0.15) is 5.76 Å². The summed E-state index contributed by atoms with van der Waals surface area (Å²) in [5, 5.41) is 5.21. The summed E-state index contributed by atoms with van der Waals surface area (Å²) in [4.78, 5) is 31.9. The molecule has 3 heterocycles. The Balaban J connectivity index is 1.33. The largest absolute Gasteiger partial charge is 0.468 e. The Kier molecular flexibility index (Phi) is 6.83. The highest BCUT2D eigenvalue weighted by molar-refractivity contribution is 7.10. The number of nitrogens with one attached hydrogen (secondary N) is 1. The van der Waals surface area contributed by atoms with Gasteiger partial charge in [0.15, 0.2) is 0 Å². The molecule has 1 aliphatic heterocycles. The quantitative estimate of drug-likeness (QED) is 0.506. The Bertz CT molecular complexity index is 1110. The van der Waals surface area contributed by atoms with Crippen molar-refractivity contribution in [2.45, 2.75) is 50.2 Å². The van der Waals surface area contributed by atoms with Crippen LogP contribution in [0.1, 0.15) is 64.2 Å². The monoisotopic (exact) mass is 477 g/mol. The molecule has 34 heavy (non-hydrogen) atoms. The van der Waals surface area contributed by atoms with Crippen LogP contribution in [0.3, 0.4) is 0 Å². The molecular formula is C27H31N3O3S. The molecule has 1 N–H and O–H groups in total. The maximum Gasteiger partial charge on any atom is 0.254 e. The van der Waals surface area contributed by atoms with Crippen LogP contribution in [0.5, 0.6) is 0 Å².